The van der Waals surface area contributed by atoms with Gasteiger partial charge in [0.2, 0.25) is 0 Å². The van der Waals surface area contributed by atoms with Gasteiger partial charge in [-0.25, -0.2) is 0 Å². The average Bonchev–Trinajstić information content (AvgIpc) is 2.06. The third-order valence-electron chi connectivity index (χ3n) is 1.87. The van der Waals surface area contributed by atoms with E-state index in [1.165, 1.54) is 5.70 Å². The Morgan fingerprint density at radius 2 is 2.42 bits per heavy atom. The maximum absolute atomic E-state index is 3.70. The van der Waals surface area contributed by atoms with Crippen molar-refractivity contribution in [1.29, 1.82) is 0 Å². The van der Waals surface area contributed by atoms with E-state index in [0.29, 0.717) is 0 Å². The lowest BCUT2D eigenvalue weighted by atomic mass is 10.3. The summed E-state index contributed by atoms with van der Waals surface area (Å²) in [6, 6.07) is 0. The highest BCUT2D eigenvalue weighted by atomic mass is 15.1. The molecule has 0 aromatic heterocycles. The number of allylic oxidation sites excluding steroid dienone is 1. The maximum Gasteiger partial charge on any atom is 0.0380 e. The van der Waals surface area contributed by atoms with Crippen molar-refractivity contribution < 1.29 is 0 Å². The van der Waals surface area contributed by atoms with Gasteiger partial charge in [-0.15, -0.1) is 6.58 Å². The smallest absolute Gasteiger partial charge is 0.0380 e. The highest BCUT2D eigenvalue weighted by molar-refractivity contribution is 5.20. The molecule has 12 heavy (non-hydrogen) atoms. The molecule has 0 aromatic carbocycles. The third-order valence-corrected chi connectivity index (χ3v) is 1.87. The molecule has 0 atom stereocenters. The van der Waals surface area contributed by atoms with Gasteiger partial charge in [0.05, 0.1) is 0 Å². The predicted octanol–water partition coefficient (Wildman–Crippen LogP) is 1.45. The summed E-state index contributed by atoms with van der Waals surface area (Å²) in [5.74, 6) is 0. The van der Waals surface area contributed by atoms with Gasteiger partial charge in [-0.1, -0.05) is 6.08 Å². The molecule has 1 aliphatic rings. The Hall–Kier alpha value is -1.18. The van der Waals surface area contributed by atoms with Crippen molar-refractivity contribution in [2.24, 2.45) is 0 Å². The molecule has 0 radical (unpaired) electrons. The fourth-order valence-corrected chi connectivity index (χ4v) is 1.15. The first kappa shape index (κ1) is 8.91. The first-order chi connectivity index (χ1) is 5.74. The van der Waals surface area contributed by atoms with Crippen LogP contribution in [0.4, 0.5) is 0 Å². The Bertz CT molecular complexity index is 214. The van der Waals surface area contributed by atoms with Gasteiger partial charge < -0.3 is 9.80 Å². The molecule has 1 aliphatic heterocycles. The molecule has 66 valence electrons. The van der Waals surface area contributed by atoms with Gasteiger partial charge in [0, 0.05) is 39.1 Å². The van der Waals surface area contributed by atoms with Gasteiger partial charge in [0.1, 0.15) is 0 Å². The third kappa shape index (κ3) is 2.16. The van der Waals surface area contributed by atoms with Gasteiger partial charge in [-0.2, -0.15) is 0 Å². The molecule has 0 unspecified atom stereocenters. The molecule has 2 heteroatoms. The van der Waals surface area contributed by atoms with Gasteiger partial charge in [-0.05, 0) is 12.2 Å². The SMILES string of the molecule is C=CCN1C=CC(N(C)C)=CC1. The number of hydrogen-bond acceptors (Lipinski definition) is 2. The van der Waals surface area contributed by atoms with Crippen molar-refractivity contribution >= 4 is 0 Å². The molecule has 1 heterocycles. The molecule has 0 aliphatic carbocycles. The number of rotatable bonds is 3. The molecule has 0 saturated heterocycles. The Labute approximate surface area is 74.5 Å². The zero-order valence-corrected chi connectivity index (χ0v) is 7.83. The fourth-order valence-electron chi connectivity index (χ4n) is 1.15. The zero-order chi connectivity index (χ0) is 8.97. The Morgan fingerprint density at radius 3 is 2.83 bits per heavy atom. The number of likely N-dealkylation sites (N-methyl/N-ethyl adjacent to an activating group) is 1. The van der Waals surface area contributed by atoms with E-state index in [9.17, 15) is 0 Å². The van der Waals surface area contributed by atoms with Crippen LogP contribution >= 0.6 is 0 Å². The first-order valence-electron chi connectivity index (χ1n) is 4.14. The average molecular weight is 164 g/mol. The maximum atomic E-state index is 3.70. The summed E-state index contributed by atoms with van der Waals surface area (Å²) in [4.78, 5) is 4.32. The van der Waals surface area contributed by atoms with Crippen LogP contribution in [0, 0.1) is 0 Å². The summed E-state index contributed by atoms with van der Waals surface area (Å²) in [6.07, 6.45) is 8.35. The standard InChI is InChI=1S/C10H16N2/c1-4-7-12-8-5-10(6-9-12)11(2)3/h4-6,8H,1,7,9H2,2-3H3. The van der Waals surface area contributed by atoms with Crippen molar-refractivity contribution in [2.75, 3.05) is 27.2 Å². The molecule has 0 N–H and O–H groups in total. The van der Waals surface area contributed by atoms with E-state index in [-0.39, 0.29) is 0 Å². The quantitative estimate of drug-likeness (QED) is 0.582. The van der Waals surface area contributed by atoms with Crippen LogP contribution in [0.15, 0.2) is 36.7 Å². The second-order valence-electron chi connectivity index (χ2n) is 3.08. The van der Waals surface area contributed by atoms with Crippen LogP contribution in [0.25, 0.3) is 0 Å². The summed E-state index contributed by atoms with van der Waals surface area (Å²) in [5.41, 5.74) is 1.27. The van der Waals surface area contributed by atoms with E-state index in [1.54, 1.807) is 0 Å². The van der Waals surface area contributed by atoms with Crippen LogP contribution in [0.5, 0.6) is 0 Å². The molecule has 2 nitrogen and oxygen atoms in total. The van der Waals surface area contributed by atoms with Crippen molar-refractivity contribution in [1.82, 2.24) is 9.80 Å². The summed E-state index contributed by atoms with van der Waals surface area (Å²) in [5, 5.41) is 0. The highest BCUT2D eigenvalue weighted by Crippen LogP contribution is 2.08. The molecule has 0 spiro atoms. The van der Waals surface area contributed by atoms with Gasteiger partial charge in [-0.3, -0.25) is 0 Å². The fraction of sp³-hybridized carbons (Fsp3) is 0.400. The van der Waals surface area contributed by atoms with E-state index in [2.05, 4.69) is 48.8 Å². The monoisotopic (exact) mass is 164 g/mol. The second-order valence-corrected chi connectivity index (χ2v) is 3.08. The molecule has 0 saturated carbocycles. The minimum Gasteiger partial charge on any atom is -0.378 e. The van der Waals surface area contributed by atoms with Crippen molar-refractivity contribution in [2.45, 2.75) is 0 Å². The minimum absolute atomic E-state index is 0.924. The molecule has 0 aromatic rings. The topological polar surface area (TPSA) is 6.48 Å². The number of nitrogens with zero attached hydrogens (tertiary/aromatic N) is 2. The lowest BCUT2D eigenvalue weighted by Gasteiger charge is -2.24. The number of hydrogen-bond donors (Lipinski definition) is 0. The van der Waals surface area contributed by atoms with Crippen molar-refractivity contribution in [3.8, 4) is 0 Å². The lowest BCUT2D eigenvalue weighted by Crippen LogP contribution is -2.22. The van der Waals surface area contributed by atoms with Gasteiger partial charge >= 0.3 is 0 Å². The van der Waals surface area contributed by atoms with Crippen molar-refractivity contribution in [3.63, 3.8) is 0 Å². The highest BCUT2D eigenvalue weighted by Gasteiger charge is 2.03. The molecule has 0 bridgehead atoms. The van der Waals surface area contributed by atoms with E-state index in [0.717, 1.165) is 13.1 Å². The summed E-state index contributed by atoms with van der Waals surface area (Å²) in [7, 11) is 4.11. The minimum atomic E-state index is 0.924. The molecule has 1 rings (SSSR count). The Balaban J connectivity index is 2.49. The second kappa shape index (κ2) is 4.00. The van der Waals surface area contributed by atoms with Crippen LogP contribution in [0.2, 0.25) is 0 Å². The molecule has 0 amide bonds. The van der Waals surface area contributed by atoms with Gasteiger partial charge in [0.15, 0.2) is 0 Å². The van der Waals surface area contributed by atoms with Crippen molar-refractivity contribution in [3.05, 3.63) is 36.7 Å². The first-order valence-corrected chi connectivity index (χ1v) is 4.14. The summed E-state index contributed by atoms with van der Waals surface area (Å²) < 4.78 is 0. The van der Waals surface area contributed by atoms with Crippen LogP contribution in [0.1, 0.15) is 0 Å². The van der Waals surface area contributed by atoms with E-state index >= 15 is 0 Å². The van der Waals surface area contributed by atoms with Crippen LogP contribution in [0.3, 0.4) is 0 Å². The zero-order valence-electron chi connectivity index (χ0n) is 7.83. The van der Waals surface area contributed by atoms with Crippen LogP contribution in [-0.4, -0.2) is 37.0 Å². The van der Waals surface area contributed by atoms with Gasteiger partial charge in [0.25, 0.3) is 0 Å². The van der Waals surface area contributed by atoms with E-state index in [1.807, 2.05) is 6.08 Å². The largest absolute Gasteiger partial charge is 0.378 e. The predicted molar refractivity (Wildman–Crippen MR) is 52.7 cm³/mol. The summed E-state index contributed by atoms with van der Waals surface area (Å²) >= 11 is 0. The van der Waals surface area contributed by atoms with E-state index < -0.39 is 0 Å². The Morgan fingerprint density at radius 1 is 1.67 bits per heavy atom. The molecular weight excluding hydrogens is 148 g/mol. The van der Waals surface area contributed by atoms with Crippen LogP contribution < -0.4 is 0 Å². The Kier molecular flexibility index (Phi) is 2.97. The van der Waals surface area contributed by atoms with Crippen LogP contribution in [-0.2, 0) is 0 Å². The summed E-state index contributed by atoms with van der Waals surface area (Å²) in [6.45, 7) is 5.61. The van der Waals surface area contributed by atoms with E-state index in [4.69, 9.17) is 0 Å². The molecular formula is C10H16N2. The normalized spacial score (nSPS) is 15.8. The molecule has 0 fully saturated rings. The lowest BCUT2D eigenvalue weighted by molar-refractivity contribution is 0.436.